The third kappa shape index (κ3) is 4.07. The first-order valence-corrected chi connectivity index (χ1v) is 9.06. The lowest BCUT2D eigenvalue weighted by atomic mass is 10.0. The van der Waals surface area contributed by atoms with Crippen LogP contribution in [0.4, 0.5) is 5.69 Å². The van der Waals surface area contributed by atoms with Gasteiger partial charge in [0.25, 0.3) is 11.6 Å². The van der Waals surface area contributed by atoms with Gasteiger partial charge < -0.3 is 14.4 Å². The molecule has 0 aromatic heterocycles. The van der Waals surface area contributed by atoms with Gasteiger partial charge in [-0.05, 0) is 36.3 Å². The minimum atomic E-state index is -0.644. The number of methoxy groups -OCH3 is 2. The van der Waals surface area contributed by atoms with E-state index in [0.717, 1.165) is 5.56 Å². The smallest absolute Gasteiger partial charge is 0.340 e. The summed E-state index contributed by atoms with van der Waals surface area (Å²) in [5.41, 5.74) is 1.91. The second kappa shape index (κ2) is 8.60. The van der Waals surface area contributed by atoms with E-state index in [2.05, 4.69) is 0 Å². The summed E-state index contributed by atoms with van der Waals surface area (Å²) in [6.07, 6.45) is 1.47. The topological polar surface area (TPSA) is 99.0 Å². The number of benzene rings is 2. The van der Waals surface area contributed by atoms with E-state index in [0.29, 0.717) is 17.0 Å². The van der Waals surface area contributed by atoms with Crippen LogP contribution in [-0.2, 0) is 20.9 Å². The molecule has 3 rings (SSSR count). The molecule has 8 nitrogen and oxygen atoms in total. The van der Waals surface area contributed by atoms with E-state index in [4.69, 9.17) is 9.47 Å². The van der Waals surface area contributed by atoms with Crippen molar-refractivity contribution in [3.8, 4) is 5.75 Å². The fourth-order valence-corrected chi connectivity index (χ4v) is 3.23. The van der Waals surface area contributed by atoms with Crippen LogP contribution in [-0.4, -0.2) is 35.9 Å². The molecule has 0 spiro atoms. The summed E-state index contributed by atoms with van der Waals surface area (Å²) in [5.74, 6) is -0.328. The molecule has 0 unspecified atom stereocenters. The lowest BCUT2D eigenvalue weighted by Crippen LogP contribution is -2.24. The average Bonchev–Trinajstić information content (AvgIpc) is 2.98. The predicted molar refractivity (Wildman–Crippen MR) is 109 cm³/mol. The number of hydrogen-bond donors (Lipinski definition) is 0. The highest BCUT2D eigenvalue weighted by atomic mass is 16.6. The highest BCUT2D eigenvalue weighted by Gasteiger charge is 2.37. The molecule has 0 N–H and O–H groups in total. The number of nitro groups is 1. The number of carbonyl (C=O) groups excluding carboxylic acids is 2. The van der Waals surface area contributed by atoms with Gasteiger partial charge in [-0.25, -0.2) is 4.79 Å². The van der Waals surface area contributed by atoms with Crippen molar-refractivity contribution in [2.45, 2.75) is 13.5 Å². The van der Waals surface area contributed by atoms with Crippen molar-refractivity contribution in [1.82, 2.24) is 4.90 Å². The summed E-state index contributed by atoms with van der Waals surface area (Å²) in [6.45, 7) is 1.92. The predicted octanol–water partition coefficient (Wildman–Crippen LogP) is 3.48. The van der Waals surface area contributed by atoms with E-state index in [9.17, 15) is 19.7 Å². The molecule has 2 aromatic carbocycles. The first kappa shape index (κ1) is 20.8. The summed E-state index contributed by atoms with van der Waals surface area (Å²) >= 11 is 0. The Balaban J connectivity index is 2.00. The number of hydrogen-bond acceptors (Lipinski definition) is 6. The van der Waals surface area contributed by atoms with Crippen molar-refractivity contribution in [3.63, 3.8) is 0 Å². The van der Waals surface area contributed by atoms with Gasteiger partial charge >= 0.3 is 5.97 Å². The molecule has 1 amide bonds. The molecule has 0 fully saturated rings. The number of nitro benzene ring substituents is 1. The van der Waals surface area contributed by atoms with Crippen molar-refractivity contribution in [2.24, 2.45) is 0 Å². The van der Waals surface area contributed by atoms with Gasteiger partial charge in [-0.15, -0.1) is 0 Å². The van der Waals surface area contributed by atoms with Gasteiger partial charge in [0.1, 0.15) is 5.75 Å². The zero-order valence-electron chi connectivity index (χ0n) is 16.7. The summed E-state index contributed by atoms with van der Waals surface area (Å²) in [5, 5.41) is 11.0. The van der Waals surface area contributed by atoms with Crippen LogP contribution >= 0.6 is 0 Å². The third-order valence-electron chi connectivity index (χ3n) is 4.79. The summed E-state index contributed by atoms with van der Waals surface area (Å²) in [4.78, 5) is 37.6. The Labute approximate surface area is 173 Å². The van der Waals surface area contributed by atoms with Crippen molar-refractivity contribution >= 4 is 23.6 Å². The Hall–Kier alpha value is -3.94. The number of non-ortho nitro benzene ring substituents is 1. The molecule has 0 bridgehead atoms. The minimum absolute atomic E-state index is 0.106. The van der Waals surface area contributed by atoms with Crippen LogP contribution in [0.1, 0.15) is 18.1 Å². The van der Waals surface area contributed by atoms with Gasteiger partial charge in [0.05, 0.1) is 36.8 Å². The molecule has 0 aliphatic carbocycles. The molecule has 1 aliphatic rings. The van der Waals surface area contributed by atoms with Crippen LogP contribution in [0.25, 0.3) is 6.08 Å². The largest absolute Gasteiger partial charge is 0.497 e. The van der Waals surface area contributed by atoms with Gasteiger partial charge in [0.15, 0.2) is 0 Å². The van der Waals surface area contributed by atoms with Gasteiger partial charge in [-0.1, -0.05) is 24.3 Å². The summed E-state index contributed by atoms with van der Waals surface area (Å²) < 4.78 is 10.0. The quantitative estimate of drug-likeness (QED) is 0.314. The standard InChI is InChI=1S/C22H20N2O6/c1-14-20(22(26)30-3)19(12-16-5-4-6-17(11-16)24(27)28)21(25)23(14)13-15-7-9-18(29-2)10-8-15/h4-12H,13H2,1-3H3/b19-12-. The molecule has 154 valence electrons. The monoisotopic (exact) mass is 408 g/mol. The Morgan fingerprint density at radius 1 is 1.17 bits per heavy atom. The first-order chi connectivity index (χ1) is 14.3. The van der Waals surface area contributed by atoms with E-state index >= 15 is 0 Å². The van der Waals surface area contributed by atoms with Crippen molar-refractivity contribution in [2.75, 3.05) is 14.2 Å². The lowest BCUT2D eigenvalue weighted by Gasteiger charge is -2.18. The Morgan fingerprint density at radius 2 is 1.87 bits per heavy atom. The van der Waals surface area contributed by atoms with Crippen LogP contribution in [0, 0.1) is 10.1 Å². The molecule has 8 heteroatoms. The number of amides is 1. The molecular weight excluding hydrogens is 388 g/mol. The fraction of sp³-hybridized carbons (Fsp3) is 0.182. The zero-order valence-corrected chi connectivity index (χ0v) is 16.7. The average molecular weight is 408 g/mol. The minimum Gasteiger partial charge on any atom is -0.497 e. The van der Waals surface area contributed by atoms with E-state index in [1.165, 1.54) is 36.3 Å². The van der Waals surface area contributed by atoms with Gasteiger partial charge in [0, 0.05) is 17.8 Å². The number of carbonyl (C=O) groups is 2. The molecule has 30 heavy (non-hydrogen) atoms. The Bertz CT molecular complexity index is 1070. The number of allylic oxidation sites excluding steroid dienone is 1. The Kier molecular flexibility index (Phi) is 5.96. The fourth-order valence-electron chi connectivity index (χ4n) is 3.23. The maximum Gasteiger partial charge on any atom is 0.340 e. The van der Waals surface area contributed by atoms with Crippen molar-refractivity contribution in [1.29, 1.82) is 0 Å². The van der Waals surface area contributed by atoms with Crippen molar-refractivity contribution < 1.29 is 24.0 Å². The molecule has 0 radical (unpaired) electrons. The molecule has 1 aliphatic heterocycles. The molecule has 0 saturated carbocycles. The van der Waals surface area contributed by atoms with Crippen LogP contribution in [0.3, 0.4) is 0 Å². The second-order valence-corrected chi connectivity index (χ2v) is 6.60. The highest BCUT2D eigenvalue weighted by molar-refractivity contribution is 6.16. The maximum absolute atomic E-state index is 13.1. The van der Waals surface area contributed by atoms with Crippen molar-refractivity contribution in [3.05, 3.63) is 86.6 Å². The van der Waals surface area contributed by atoms with Crippen LogP contribution in [0.15, 0.2) is 65.4 Å². The van der Waals surface area contributed by atoms with Gasteiger partial charge in [0.2, 0.25) is 0 Å². The zero-order chi connectivity index (χ0) is 21.8. The number of rotatable bonds is 6. The first-order valence-electron chi connectivity index (χ1n) is 9.06. The Morgan fingerprint density at radius 3 is 2.47 bits per heavy atom. The molecule has 2 aromatic rings. The normalized spacial score (nSPS) is 15.0. The van der Waals surface area contributed by atoms with E-state index in [1.807, 2.05) is 12.1 Å². The van der Waals surface area contributed by atoms with Gasteiger partial charge in [-0.3, -0.25) is 14.9 Å². The van der Waals surface area contributed by atoms with Gasteiger partial charge in [-0.2, -0.15) is 0 Å². The highest BCUT2D eigenvalue weighted by Crippen LogP contribution is 2.33. The van der Waals surface area contributed by atoms with E-state index in [-0.39, 0.29) is 29.3 Å². The number of nitrogens with zero attached hydrogens (tertiary/aromatic N) is 2. The third-order valence-corrected chi connectivity index (χ3v) is 4.79. The van der Waals surface area contributed by atoms with E-state index in [1.54, 1.807) is 32.2 Å². The number of ether oxygens (including phenoxy) is 2. The second-order valence-electron chi connectivity index (χ2n) is 6.60. The SMILES string of the molecule is COC(=O)C1=C(C)N(Cc2ccc(OC)cc2)C(=O)/C1=C\c1cccc([N+](=O)[O-])c1. The molecule has 0 saturated heterocycles. The maximum atomic E-state index is 13.1. The number of esters is 1. The summed E-state index contributed by atoms with van der Waals surface area (Å²) in [7, 11) is 2.81. The summed E-state index contributed by atoms with van der Waals surface area (Å²) in [6, 6.07) is 13.1. The molecular formula is C22H20N2O6. The lowest BCUT2D eigenvalue weighted by molar-refractivity contribution is -0.384. The van der Waals surface area contributed by atoms with E-state index < -0.39 is 10.9 Å². The molecule has 0 atom stereocenters. The van der Waals surface area contributed by atoms with Crippen LogP contribution < -0.4 is 4.74 Å². The molecule has 1 heterocycles. The van der Waals surface area contributed by atoms with Crippen LogP contribution in [0.2, 0.25) is 0 Å². The van der Waals surface area contributed by atoms with Crippen LogP contribution in [0.5, 0.6) is 5.75 Å².